The van der Waals surface area contributed by atoms with E-state index in [1.807, 2.05) is 0 Å². The molecule has 2 aliphatic rings. The summed E-state index contributed by atoms with van der Waals surface area (Å²) >= 11 is 0. The SMILES string of the molecule is NC1CC2CCCC(C1)C2NC(=O)c1cn(-c2ccc(C(F)(F)F)cn2)nn1. The number of nitrogens with two attached hydrogens (primary N) is 1. The van der Waals surface area contributed by atoms with Crippen LogP contribution in [0.25, 0.3) is 5.82 Å². The Hall–Kier alpha value is -2.49. The van der Waals surface area contributed by atoms with Crippen LogP contribution >= 0.6 is 0 Å². The van der Waals surface area contributed by atoms with E-state index in [0.29, 0.717) is 11.8 Å². The molecule has 2 unspecified atom stereocenters. The first-order chi connectivity index (χ1) is 13.3. The van der Waals surface area contributed by atoms with Gasteiger partial charge in [0.05, 0.1) is 11.8 Å². The number of fused-ring (bicyclic) bond motifs is 2. The molecule has 4 rings (SSSR count). The van der Waals surface area contributed by atoms with Gasteiger partial charge in [-0.25, -0.2) is 9.67 Å². The van der Waals surface area contributed by atoms with Gasteiger partial charge >= 0.3 is 6.18 Å². The van der Waals surface area contributed by atoms with Gasteiger partial charge in [0, 0.05) is 18.3 Å². The molecule has 2 aromatic heterocycles. The van der Waals surface area contributed by atoms with E-state index in [1.54, 1.807) is 0 Å². The van der Waals surface area contributed by atoms with Gasteiger partial charge in [0.1, 0.15) is 0 Å². The first kappa shape index (κ1) is 18.9. The van der Waals surface area contributed by atoms with Crippen molar-refractivity contribution in [3.05, 3.63) is 35.8 Å². The highest BCUT2D eigenvalue weighted by molar-refractivity contribution is 5.92. The Bertz CT molecular complexity index is 836. The Kier molecular flexibility index (Phi) is 4.82. The molecule has 0 spiro atoms. The number of hydrogen-bond donors (Lipinski definition) is 2. The minimum atomic E-state index is -4.46. The van der Waals surface area contributed by atoms with E-state index in [9.17, 15) is 18.0 Å². The maximum Gasteiger partial charge on any atom is 0.417 e. The Balaban J connectivity index is 1.46. The molecule has 0 aliphatic heterocycles. The zero-order valence-electron chi connectivity index (χ0n) is 15.1. The predicted molar refractivity (Wildman–Crippen MR) is 93.5 cm³/mol. The fourth-order valence-corrected chi connectivity index (χ4v) is 4.42. The van der Waals surface area contributed by atoms with Crippen molar-refractivity contribution in [2.75, 3.05) is 0 Å². The Morgan fingerprint density at radius 2 is 1.93 bits per heavy atom. The van der Waals surface area contributed by atoms with Crippen LogP contribution in [0.3, 0.4) is 0 Å². The average molecular weight is 394 g/mol. The second-order valence-electron chi connectivity index (χ2n) is 7.63. The number of carbonyl (C=O) groups is 1. The maximum absolute atomic E-state index is 12.6. The molecule has 2 heterocycles. The van der Waals surface area contributed by atoms with E-state index in [4.69, 9.17) is 5.73 Å². The molecule has 2 fully saturated rings. The Morgan fingerprint density at radius 3 is 2.54 bits per heavy atom. The van der Waals surface area contributed by atoms with Gasteiger partial charge in [-0.3, -0.25) is 4.79 Å². The first-order valence-electron chi connectivity index (χ1n) is 9.33. The molecule has 3 N–H and O–H groups in total. The predicted octanol–water partition coefficient (Wildman–Crippen LogP) is 2.32. The van der Waals surface area contributed by atoms with Crippen LogP contribution in [0.4, 0.5) is 13.2 Å². The van der Waals surface area contributed by atoms with Crippen LogP contribution in [0.2, 0.25) is 0 Å². The average Bonchev–Trinajstić information content (AvgIpc) is 3.12. The summed E-state index contributed by atoms with van der Waals surface area (Å²) in [5, 5.41) is 10.7. The maximum atomic E-state index is 12.6. The van der Waals surface area contributed by atoms with E-state index in [0.717, 1.165) is 44.4 Å². The van der Waals surface area contributed by atoms with Crippen molar-refractivity contribution in [1.82, 2.24) is 25.3 Å². The molecule has 7 nitrogen and oxygen atoms in total. The van der Waals surface area contributed by atoms with E-state index in [-0.39, 0.29) is 29.5 Å². The second kappa shape index (κ2) is 7.16. The number of pyridine rings is 1. The third-order valence-electron chi connectivity index (χ3n) is 5.71. The van der Waals surface area contributed by atoms with Crippen LogP contribution in [-0.4, -0.2) is 38.0 Å². The number of aromatic nitrogens is 4. The summed E-state index contributed by atoms with van der Waals surface area (Å²) < 4.78 is 39.1. The van der Waals surface area contributed by atoms with Gasteiger partial charge in [-0.1, -0.05) is 11.6 Å². The number of carbonyl (C=O) groups excluding carboxylic acids is 1. The summed E-state index contributed by atoms with van der Waals surface area (Å²) in [6.07, 6.45) is 2.71. The van der Waals surface area contributed by atoms with Gasteiger partial charge in [-0.2, -0.15) is 13.2 Å². The van der Waals surface area contributed by atoms with E-state index in [2.05, 4.69) is 20.6 Å². The molecule has 150 valence electrons. The Labute approximate surface area is 159 Å². The zero-order valence-corrected chi connectivity index (χ0v) is 15.1. The topological polar surface area (TPSA) is 98.7 Å². The number of halogens is 3. The molecule has 0 aromatic carbocycles. The minimum Gasteiger partial charge on any atom is -0.347 e. The van der Waals surface area contributed by atoms with E-state index < -0.39 is 11.7 Å². The summed E-state index contributed by atoms with van der Waals surface area (Å²) in [5.41, 5.74) is 5.37. The van der Waals surface area contributed by atoms with Crippen molar-refractivity contribution in [2.45, 2.75) is 50.4 Å². The van der Waals surface area contributed by atoms with Crippen LogP contribution in [-0.2, 0) is 6.18 Å². The van der Waals surface area contributed by atoms with Crippen molar-refractivity contribution >= 4 is 5.91 Å². The molecule has 0 saturated heterocycles. The lowest BCUT2D eigenvalue weighted by Gasteiger charge is -2.45. The third kappa shape index (κ3) is 3.73. The van der Waals surface area contributed by atoms with E-state index in [1.165, 1.54) is 16.9 Å². The van der Waals surface area contributed by atoms with Crippen LogP contribution in [0.5, 0.6) is 0 Å². The number of rotatable bonds is 3. The minimum absolute atomic E-state index is 0.0791. The highest BCUT2D eigenvalue weighted by Gasteiger charge is 2.40. The number of nitrogens with zero attached hydrogens (tertiary/aromatic N) is 4. The highest BCUT2D eigenvalue weighted by Crippen LogP contribution is 2.39. The highest BCUT2D eigenvalue weighted by atomic mass is 19.4. The fourth-order valence-electron chi connectivity index (χ4n) is 4.42. The molecule has 2 atom stereocenters. The van der Waals surface area contributed by atoms with Crippen LogP contribution in [0.1, 0.15) is 48.2 Å². The van der Waals surface area contributed by atoms with Gasteiger partial charge in [0.25, 0.3) is 5.91 Å². The lowest BCUT2D eigenvalue weighted by molar-refractivity contribution is -0.137. The van der Waals surface area contributed by atoms with E-state index >= 15 is 0 Å². The number of hydrogen-bond acceptors (Lipinski definition) is 5. The molecule has 0 radical (unpaired) electrons. The lowest BCUT2D eigenvalue weighted by Crippen LogP contribution is -2.53. The van der Waals surface area contributed by atoms with Crippen molar-refractivity contribution < 1.29 is 18.0 Å². The molecular formula is C18H21F3N6O. The van der Waals surface area contributed by atoms with Gasteiger partial charge in [0.2, 0.25) is 0 Å². The van der Waals surface area contributed by atoms with Gasteiger partial charge in [-0.05, 0) is 49.7 Å². The van der Waals surface area contributed by atoms with Crippen LogP contribution < -0.4 is 11.1 Å². The summed E-state index contributed by atoms with van der Waals surface area (Å²) in [4.78, 5) is 16.4. The normalized spacial score (nSPS) is 27.4. The van der Waals surface area contributed by atoms with Crippen molar-refractivity contribution in [2.24, 2.45) is 17.6 Å². The van der Waals surface area contributed by atoms with Gasteiger partial charge < -0.3 is 11.1 Å². The van der Waals surface area contributed by atoms with Crippen molar-refractivity contribution in [3.8, 4) is 5.82 Å². The van der Waals surface area contributed by atoms with Crippen molar-refractivity contribution in [3.63, 3.8) is 0 Å². The second-order valence-corrected chi connectivity index (χ2v) is 7.63. The molecule has 2 saturated carbocycles. The quantitative estimate of drug-likeness (QED) is 0.833. The Morgan fingerprint density at radius 1 is 1.21 bits per heavy atom. The third-order valence-corrected chi connectivity index (χ3v) is 5.71. The zero-order chi connectivity index (χ0) is 19.9. The summed E-state index contributed by atoms with van der Waals surface area (Å²) in [7, 11) is 0. The smallest absolute Gasteiger partial charge is 0.347 e. The molecule has 28 heavy (non-hydrogen) atoms. The standard InChI is InChI=1S/C18H21F3N6O/c19-18(20,21)12-4-5-15(23-8-12)27-9-14(25-26-27)17(28)24-16-10-2-1-3-11(16)7-13(22)6-10/h4-5,8-11,13,16H,1-3,6-7,22H2,(H,24,28). The molecule has 2 bridgehead atoms. The summed E-state index contributed by atoms with van der Waals surface area (Å²) in [6.45, 7) is 0. The number of amides is 1. The summed E-state index contributed by atoms with van der Waals surface area (Å²) in [5.74, 6) is 0.562. The molecule has 2 aromatic rings. The molecule has 10 heteroatoms. The fraction of sp³-hybridized carbons (Fsp3) is 0.556. The largest absolute Gasteiger partial charge is 0.417 e. The van der Waals surface area contributed by atoms with Crippen LogP contribution in [0, 0.1) is 11.8 Å². The lowest BCUT2D eigenvalue weighted by atomic mass is 9.67. The van der Waals surface area contributed by atoms with Crippen molar-refractivity contribution in [1.29, 1.82) is 0 Å². The van der Waals surface area contributed by atoms with Gasteiger partial charge in [-0.15, -0.1) is 5.10 Å². The van der Waals surface area contributed by atoms with Crippen LogP contribution in [0.15, 0.2) is 24.5 Å². The van der Waals surface area contributed by atoms with Gasteiger partial charge in [0.15, 0.2) is 11.5 Å². The number of alkyl halides is 3. The molecular weight excluding hydrogens is 373 g/mol. The first-order valence-corrected chi connectivity index (χ1v) is 9.33. The molecule has 1 amide bonds. The molecule has 2 aliphatic carbocycles. The number of nitrogens with one attached hydrogen (secondary N) is 1. The monoisotopic (exact) mass is 394 g/mol. The summed E-state index contributed by atoms with van der Waals surface area (Å²) in [6, 6.07) is 2.37.